The van der Waals surface area contributed by atoms with Crippen molar-refractivity contribution < 1.29 is 8.42 Å². The molecular formula is C17H21BrN4O2S. The van der Waals surface area contributed by atoms with E-state index in [1.807, 2.05) is 10.6 Å². The second-order valence-electron chi connectivity index (χ2n) is 7.00. The lowest BCUT2D eigenvalue weighted by Crippen LogP contribution is -2.38. The molecule has 2 fully saturated rings. The number of sulfonamides is 1. The second kappa shape index (κ2) is 6.17. The van der Waals surface area contributed by atoms with Crippen molar-refractivity contribution in [1.29, 1.82) is 0 Å². The zero-order valence-electron chi connectivity index (χ0n) is 14.1. The van der Waals surface area contributed by atoms with Gasteiger partial charge in [-0.25, -0.2) is 8.42 Å². The number of hydrogen-bond acceptors (Lipinski definition) is 4. The zero-order valence-corrected chi connectivity index (χ0v) is 16.5. The maximum absolute atomic E-state index is 13.1. The van der Waals surface area contributed by atoms with Gasteiger partial charge in [-0.15, -0.1) is 10.2 Å². The quantitative estimate of drug-likeness (QED) is 0.756. The van der Waals surface area contributed by atoms with Gasteiger partial charge in [-0.3, -0.25) is 0 Å². The van der Waals surface area contributed by atoms with Crippen molar-refractivity contribution in [3.8, 4) is 0 Å². The van der Waals surface area contributed by atoms with Gasteiger partial charge in [0.2, 0.25) is 10.0 Å². The fraction of sp³-hybridized carbons (Fsp3) is 0.529. The first-order valence-electron chi connectivity index (χ1n) is 8.60. The van der Waals surface area contributed by atoms with Crippen molar-refractivity contribution in [2.45, 2.75) is 43.5 Å². The minimum absolute atomic E-state index is 0.0129. The molecular weight excluding hydrogens is 404 g/mol. The molecule has 2 heterocycles. The maximum atomic E-state index is 13.1. The molecule has 1 saturated carbocycles. The number of halogens is 1. The Morgan fingerprint density at radius 1 is 1.36 bits per heavy atom. The number of aryl methyl sites for hydroxylation is 1. The van der Waals surface area contributed by atoms with E-state index in [1.165, 1.54) is 0 Å². The van der Waals surface area contributed by atoms with Gasteiger partial charge in [-0.05, 0) is 43.4 Å². The lowest BCUT2D eigenvalue weighted by atomic mass is 9.62. The molecule has 1 aliphatic carbocycles. The maximum Gasteiger partial charge on any atom is 0.243 e. The van der Waals surface area contributed by atoms with Crippen LogP contribution in [0.25, 0.3) is 0 Å². The largest absolute Gasteiger partial charge is 0.318 e. The van der Waals surface area contributed by atoms with E-state index in [-0.39, 0.29) is 11.3 Å². The minimum Gasteiger partial charge on any atom is -0.318 e. The summed E-state index contributed by atoms with van der Waals surface area (Å²) in [5.41, 5.74) is 0.0129. The Morgan fingerprint density at radius 3 is 2.80 bits per heavy atom. The summed E-state index contributed by atoms with van der Waals surface area (Å²) in [6.45, 7) is 3.91. The molecule has 2 aromatic rings. The summed E-state index contributed by atoms with van der Waals surface area (Å²) >= 11 is 3.37. The number of rotatable bonds is 4. The summed E-state index contributed by atoms with van der Waals surface area (Å²) in [4.78, 5) is 0.342. The van der Waals surface area contributed by atoms with Crippen LogP contribution < -0.4 is 0 Å². The van der Waals surface area contributed by atoms with Crippen LogP contribution in [0.4, 0.5) is 0 Å². The highest BCUT2D eigenvalue weighted by Crippen LogP contribution is 2.56. The van der Waals surface area contributed by atoms with E-state index < -0.39 is 10.0 Å². The summed E-state index contributed by atoms with van der Waals surface area (Å²) in [7, 11) is -3.51. The highest BCUT2D eigenvalue weighted by molar-refractivity contribution is 9.10. The normalized spacial score (nSPS) is 23.0. The van der Waals surface area contributed by atoms with E-state index in [1.54, 1.807) is 28.8 Å². The molecule has 1 spiro atoms. The Hall–Kier alpha value is -1.25. The van der Waals surface area contributed by atoms with E-state index in [0.29, 0.717) is 18.0 Å². The van der Waals surface area contributed by atoms with Crippen LogP contribution in [0.5, 0.6) is 0 Å². The molecule has 0 amide bonds. The molecule has 0 N–H and O–H groups in total. The Bertz CT molecular complexity index is 892. The number of aromatic nitrogens is 3. The van der Waals surface area contributed by atoms with Gasteiger partial charge in [0.05, 0.1) is 4.90 Å². The third-order valence-corrected chi connectivity index (χ3v) is 8.00. The molecule has 1 aromatic heterocycles. The van der Waals surface area contributed by atoms with Crippen molar-refractivity contribution in [3.05, 3.63) is 40.9 Å². The molecule has 1 unspecified atom stereocenters. The van der Waals surface area contributed by atoms with Crippen molar-refractivity contribution >= 4 is 26.0 Å². The van der Waals surface area contributed by atoms with E-state index in [0.717, 1.165) is 36.1 Å². The first-order valence-corrected chi connectivity index (χ1v) is 10.8. The molecule has 134 valence electrons. The fourth-order valence-electron chi connectivity index (χ4n) is 4.15. The van der Waals surface area contributed by atoms with Gasteiger partial charge in [0.1, 0.15) is 12.2 Å². The summed E-state index contributed by atoms with van der Waals surface area (Å²) in [5.74, 6) is 1.04. The van der Waals surface area contributed by atoms with Gasteiger partial charge in [-0.1, -0.05) is 28.4 Å². The van der Waals surface area contributed by atoms with E-state index in [4.69, 9.17) is 0 Å². The average molecular weight is 425 g/mol. The molecule has 4 rings (SSSR count). The number of benzene rings is 1. The van der Waals surface area contributed by atoms with Gasteiger partial charge in [0, 0.05) is 30.0 Å². The standard InChI is InChI=1S/C17H21BrN4O2S/c1-2-21-12-19-20-16(21)15-10-22(11-17(15)7-4-8-17)25(23,24)14-6-3-5-13(18)9-14/h3,5-6,9,12,15H,2,4,7-8,10-11H2,1H3. The van der Waals surface area contributed by atoms with Crippen LogP contribution in [0.15, 0.2) is 40.0 Å². The van der Waals surface area contributed by atoms with Gasteiger partial charge in [-0.2, -0.15) is 4.31 Å². The predicted molar refractivity (Wildman–Crippen MR) is 97.6 cm³/mol. The average Bonchev–Trinajstić information content (AvgIpc) is 3.18. The Kier molecular flexibility index (Phi) is 4.24. The van der Waals surface area contributed by atoms with Gasteiger partial charge in [0.25, 0.3) is 0 Å². The lowest BCUT2D eigenvalue weighted by Gasteiger charge is -2.42. The van der Waals surface area contributed by atoms with Crippen LogP contribution in [0.2, 0.25) is 0 Å². The summed E-state index contributed by atoms with van der Waals surface area (Å²) in [6.07, 6.45) is 5.01. The fourth-order valence-corrected chi connectivity index (χ4v) is 6.30. The van der Waals surface area contributed by atoms with Crippen LogP contribution in [0.3, 0.4) is 0 Å². The molecule has 6 nitrogen and oxygen atoms in total. The van der Waals surface area contributed by atoms with Crippen molar-refractivity contribution in [1.82, 2.24) is 19.1 Å². The third kappa shape index (κ3) is 2.74. The van der Waals surface area contributed by atoms with Crippen molar-refractivity contribution in [2.24, 2.45) is 5.41 Å². The topological polar surface area (TPSA) is 68.1 Å². The highest BCUT2D eigenvalue weighted by atomic mass is 79.9. The minimum atomic E-state index is -3.51. The molecule has 1 aromatic carbocycles. The molecule has 8 heteroatoms. The van der Waals surface area contributed by atoms with Crippen LogP contribution in [0.1, 0.15) is 37.9 Å². The zero-order chi connectivity index (χ0) is 17.7. The highest BCUT2D eigenvalue weighted by Gasteiger charge is 2.55. The molecule has 1 atom stereocenters. The lowest BCUT2D eigenvalue weighted by molar-refractivity contribution is 0.125. The Labute approximate surface area is 156 Å². The van der Waals surface area contributed by atoms with Crippen molar-refractivity contribution in [3.63, 3.8) is 0 Å². The van der Waals surface area contributed by atoms with Crippen molar-refractivity contribution in [2.75, 3.05) is 13.1 Å². The Balaban J connectivity index is 1.69. The van der Waals surface area contributed by atoms with Crippen LogP contribution >= 0.6 is 15.9 Å². The van der Waals surface area contributed by atoms with Crippen LogP contribution in [-0.2, 0) is 16.6 Å². The number of hydrogen-bond donors (Lipinski definition) is 0. The summed E-state index contributed by atoms with van der Waals surface area (Å²) in [6, 6.07) is 6.93. The molecule has 2 aliphatic rings. The van der Waals surface area contributed by atoms with Gasteiger partial charge < -0.3 is 4.57 Å². The van der Waals surface area contributed by atoms with E-state index in [2.05, 4.69) is 33.1 Å². The molecule has 25 heavy (non-hydrogen) atoms. The first kappa shape index (κ1) is 17.2. The summed E-state index contributed by atoms with van der Waals surface area (Å²) < 4.78 is 30.8. The predicted octanol–water partition coefficient (Wildman–Crippen LogP) is 3.02. The number of nitrogens with zero attached hydrogens (tertiary/aromatic N) is 4. The van der Waals surface area contributed by atoms with Crippen LogP contribution in [0, 0.1) is 5.41 Å². The summed E-state index contributed by atoms with van der Waals surface area (Å²) in [5, 5.41) is 8.39. The molecule has 1 aliphatic heterocycles. The van der Waals surface area contributed by atoms with Crippen LogP contribution in [-0.4, -0.2) is 40.6 Å². The first-order chi connectivity index (χ1) is 12.0. The second-order valence-corrected chi connectivity index (χ2v) is 9.85. The van der Waals surface area contributed by atoms with E-state index >= 15 is 0 Å². The van der Waals surface area contributed by atoms with E-state index in [9.17, 15) is 8.42 Å². The smallest absolute Gasteiger partial charge is 0.243 e. The Morgan fingerprint density at radius 2 is 2.16 bits per heavy atom. The third-order valence-electron chi connectivity index (χ3n) is 5.70. The van der Waals surface area contributed by atoms with Gasteiger partial charge in [0.15, 0.2) is 0 Å². The van der Waals surface area contributed by atoms with Gasteiger partial charge >= 0.3 is 0 Å². The molecule has 1 saturated heterocycles. The molecule has 0 bridgehead atoms. The SMILES string of the molecule is CCn1cnnc1C1CN(S(=O)(=O)c2cccc(Br)c2)CC12CCC2. The molecule has 0 radical (unpaired) electrons. The monoisotopic (exact) mass is 424 g/mol.